The lowest BCUT2D eigenvalue weighted by molar-refractivity contribution is 0.422. The minimum Gasteiger partial charge on any atom is -0.441 e. The molecule has 6 heteroatoms. The summed E-state index contributed by atoms with van der Waals surface area (Å²) in [5.41, 5.74) is 1.45. The standard InChI is InChI=1S/C17H18N2O3S/c1-4-6-14(5-2)22-17-12-18-11-16(19-17)13-7-9-15(10-8-13)23(3,20)21/h4-11,18H,1-2,12H2,3H3/b14-6+. The third-order valence-electron chi connectivity index (χ3n) is 3.03. The zero-order valence-corrected chi connectivity index (χ0v) is 13.6. The third kappa shape index (κ3) is 4.43. The number of benzene rings is 1. The van der Waals surface area contributed by atoms with Gasteiger partial charge in [0.2, 0.25) is 5.90 Å². The Labute approximate surface area is 136 Å². The number of ether oxygens (including phenoxy) is 1. The number of hydrogen-bond acceptors (Lipinski definition) is 5. The van der Waals surface area contributed by atoms with Gasteiger partial charge in [-0.2, -0.15) is 0 Å². The first-order chi connectivity index (χ1) is 10.9. The third-order valence-corrected chi connectivity index (χ3v) is 4.16. The molecule has 0 saturated heterocycles. The van der Waals surface area contributed by atoms with E-state index in [0.29, 0.717) is 23.9 Å². The van der Waals surface area contributed by atoms with Gasteiger partial charge in [0.05, 0.1) is 17.1 Å². The SMILES string of the molecule is C=C/C=C(\C=C)OC1=NC(c2ccc(S(C)(=O)=O)cc2)=CNC1. The Kier molecular flexibility index (Phi) is 5.18. The van der Waals surface area contributed by atoms with Gasteiger partial charge in [-0.05, 0) is 24.3 Å². The Balaban J connectivity index is 2.23. The van der Waals surface area contributed by atoms with Crippen molar-refractivity contribution < 1.29 is 13.2 Å². The minimum atomic E-state index is -3.21. The molecular weight excluding hydrogens is 312 g/mol. The van der Waals surface area contributed by atoms with Gasteiger partial charge in [0.1, 0.15) is 5.76 Å². The zero-order valence-electron chi connectivity index (χ0n) is 12.8. The van der Waals surface area contributed by atoms with Gasteiger partial charge in [0.15, 0.2) is 9.84 Å². The molecule has 1 aliphatic rings. The highest BCUT2D eigenvalue weighted by atomic mass is 32.2. The fourth-order valence-electron chi connectivity index (χ4n) is 1.92. The Hall–Kier alpha value is -2.60. The molecule has 0 saturated carbocycles. The first-order valence-corrected chi connectivity index (χ1v) is 8.78. The maximum atomic E-state index is 11.5. The predicted molar refractivity (Wildman–Crippen MR) is 92.5 cm³/mol. The topological polar surface area (TPSA) is 67.8 Å². The van der Waals surface area contributed by atoms with E-state index in [2.05, 4.69) is 23.5 Å². The molecule has 0 fully saturated rings. The predicted octanol–water partition coefficient (Wildman–Crippen LogP) is 2.66. The van der Waals surface area contributed by atoms with Crippen LogP contribution in [0.3, 0.4) is 0 Å². The molecule has 5 nitrogen and oxygen atoms in total. The van der Waals surface area contributed by atoms with Crippen LogP contribution in [0, 0.1) is 0 Å². The van der Waals surface area contributed by atoms with Crippen LogP contribution in [0.5, 0.6) is 0 Å². The summed E-state index contributed by atoms with van der Waals surface area (Å²) in [5, 5.41) is 3.08. The van der Waals surface area contributed by atoms with Crippen molar-refractivity contribution in [2.24, 2.45) is 4.99 Å². The average Bonchev–Trinajstić information content (AvgIpc) is 2.54. The van der Waals surface area contributed by atoms with Gasteiger partial charge in [-0.25, -0.2) is 13.4 Å². The monoisotopic (exact) mass is 330 g/mol. The van der Waals surface area contributed by atoms with Gasteiger partial charge < -0.3 is 10.1 Å². The molecule has 0 bridgehead atoms. The summed E-state index contributed by atoms with van der Waals surface area (Å²) in [4.78, 5) is 4.71. The van der Waals surface area contributed by atoms with Gasteiger partial charge in [0.25, 0.3) is 0 Å². The molecule has 1 heterocycles. The number of hydrogen-bond donors (Lipinski definition) is 1. The fraction of sp³-hybridized carbons (Fsp3) is 0.118. The fourth-order valence-corrected chi connectivity index (χ4v) is 2.55. The van der Waals surface area contributed by atoms with Crippen molar-refractivity contribution in [3.05, 3.63) is 73.2 Å². The number of nitrogens with one attached hydrogen (secondary N) is 1. The highest BCUT2D eigenvalue weighted by molar-refractivity contribution is 7.90. The van der Waals surface area contributed by atoms with Crippen LogP contribution in [0.4, 0.5) is 0 Å². The first-order valence-electron chi connectivity index (χ1n) is 6.88. The van der Waals surface area contributed by atoms with Crippen LogP contribution >= 0.6 is 0 Å². The lowest BCUT2D eigenvalue weighted by Gasteiger charge is -2.15. The van der Waals surface area contributed by atoms with Crippen molar-refractivity contribution >= 4 is 21.4 Å². The van der Waals surface area contributed by atoms with E-state index in [1.165, 1.54) is 6.26 Å². The van der Waals surface area contributed by atoms with Gasteiger partial charge in [0, 0.05) is 18.0 Å². The summed E-state index contributed by atoms with van der Waals surface area (Å²) in [6.45, 7) is 7.73. The molecule has 0 aromatic heterocycles. The normalized spacial score (nSPS) is 15.1. The summed E-state index contributed by atoms with van der Waals surface area (Å²) in [6, 6.07) is 6.54. The lowest BCUT2D eigenvalue weighted by atomic mass is 10.1. The molecule has 2 rings (SSSR count). The molecule has 1 aromatic carbocycles. The van der Waals surface area contributed by atoms with E-state index in [0.717, 1.165) is 5.56 Å². The second kappa shape index (κ2) is 7.11. The molecule has 120 valence electrons. The Bertz CT molecular complexity index is 801. The molecule has 0 aliphatic carbocycles. The second-order valence-corrected chi connectivity index (χ2v) is 6.84. The van der Waals surface area contributed by atoms with Crippen LogP contribution < -0.4 is 5.32 Å². The smallest absolute Gasteiger partial charge is 0.214 e. The van der Waals surface area contributed by atoms with E-state index in [1.54, 1.807) is 48.7 Å². The molecule has 1 N–H and O–H groups in total. The molecule has 0 atom stereocenters. The highest BCUT2D eigenvalue weighted by Gasteiger charge is 2.12. The van der Waals surface area contributed by atoms with Crippen LogP contribution in [0.2, 0.25) is 0 Å². The Morgan fingerprint density at radius 3 is 2.57 bits per heavy atom. The highest BCUT2D eigenvalue weighted by Crippen LogP contribution is 2.20. The molecule has 0 radical (unpaired) electrons. The molecule has 23 heavy (non-hydrogen) atoms. The summed E-state index contributed by atoms with van der Waals surface area (Å²) in [7, 11) is -3.21. The maximum Gasteiger partial charge on any atom is 0.214 e. The van der Waals surface area contributed by atoms with E-state index < -0.39 is 9.84 Å². The van der Waals surface area contributed by atoms with Crippen LogP contribution in [-0.2, 0) is 14.6 Å². The minimum absolute atomic E-state index is 0.272. The number of sulfone groups is 1. The second-order valence-electron chi connectivity index (χ2n) is 4.82. The number of nitrogens with zero attached hydrogens (tertiary/aromatic N) is 1. The van der Waals surface area contributed by atoms with E-state index in [1.807, 2.05) is 0 Å². The van der Waals surface area contributed by atoms with Crippen molar-refractivity contribution in [1.29, 1.82) is 0 Å². The zero-order chi connectivity index (χ0) is 16.9. The lowest BCUT2D eigenvalue weighted by Crippen LogP contribution is -2.24. The summed E-state index contributed by atoms with van der Waals surface area (Å²) < 4.78 is 28.6. The van der Waals surface area contributed by atoms with Crippen LogP contribution in [-0.4, -0.2) is 27.1 Å². The maximum absolute atomic E-state index is 11.5. The largest absolute Gasteiger partial charge is 0.441 e. The van der Waals surface area contributed by atoms with E-state index in [9.17, 15) is 8.42 Å². The molecule has 1 aliphatic heterocycles. The van der Waals surface area contributed by atoms with Crippen LogP contribution in [0.15, 0.2) is 77.5 Å². The first kappa shape index (κ1) is 16.8. The number of rotatable bonds is 5. The van der Waals surface area contributed by atoms with Crippen molar-refractivity contribution in [1.82, 2.24) is 5.32 Å². The van der Waals surface area contributed by atoms with Crippen LogP contribution in [0.25, 0.3) is 5.70 Å². The van der Waals surface area contributed by atoms with Crippen LogP contribution in [0.1, 0.15) is 5.56 Å². The summed E-state index contributed by atoms with van der Waals surface area (Å²) >= 11 is 0. The van der Waals surface area contributed by atoms with E-state index >= 15 is 0 Å². The molecule has 1 aromatic rings. The van der Waals surface area contributed by atoms with Gasteiger partial charge in [-0.15, -0.1) is 0 Å². The van der Waals surface area contributed by atoms with E-state index in [-0.39, 0.29) is 4.90 Å². The van der Waals surface area contributed by atoms with Gasteiger partial charge in [-0.3, -0.25) is 0 Å². The van der Waals surface area contributed by atoms with Crippen molar-refractivity contribution in [2.75, 3.05) is 12.8 Å². The van der Waals surface area contributed by atoms with Gasteiger partial charge in [-0.1, -0.05) is 31.4 Å². The number of allylic oxidation sites excluding steroid dienone is 3. The number of aliphatic imine (C=N–C) groups is 1. The molecule has 0 unspecified atom stereocenters. The molecule has 0 spiro atoms. The van der Waals surface area contributed by atoms with Crippen molar-refractivity contribution in [2.45, 2.75) is 4.90 Å². The quantitative estimate of drug-likeness (QED) is 0.666. The summed E-state index contributed by atoms with van der Waals surface area (Å²) in [5.74, 6) is 1.04. The molecule has 0 amide bonds. The average molecular weight is 330 g/mol. The van der Waals surface area contributed by atoms with Gasteiger partial charge >= 0.3 is 0 Å². The molecular formula is C17H18N2O3S. The Morgan fingerprint density at radius 2 is 2.00 bits per heavy atom. The summed E-state index contributed by atoms with van der Waals surface area (Å²) in [6.07, 6.45) is 7.80. The Morgan fingerprint density at radius 1 is 1.30 bits per heavy atom. The van der Waals surface area contributed by atoms with E-state index in [4.69, 9.17) is 4.74 Å². The van der Waals surface area contributed by atoms with Crippen molar-refractivity contribution in [3.63, 3.8) is 0 Å². The van der Waals surface area contributed by atoms with Crippen molar-refractivity contribution in [3.8, 4) is 0 Å².